The molecule has 0 radical (unpaired) electrons. The maximum atomic E-state index is 10.8. The van der Waals surface area contributed by atoms with Crippen LogP contribution in [0.25, 0.3) is 0 Å². The van der Waals surface area contributed by atoms with Crippen molar-refractivity contribution in [3.05, 3.63) is 28.3 Å². The number of rotatable bonds is 3. The number of phenolic OH excluding ortho intramolecular Hbond substituents is 1. The van der Waals surface area contributed by atoms with E-state index in [1.54, 1.807) is 6.92 Å². The molecular weight excluding hydrogens is 218 g/mol. The molecule has 15 heavy (non-hydrogen) atoms. The lowest BCUT2D eigenvalue weighted by Gasteiger charge is -2.12. The van der Waals surface area contributed by atoms with E-state index in [1.807, 2.05) is 0 Å². The van der Waals surface area contributed by atoms with E-state index in [-0.39, 0.29) is 12.3 Å². The van der Waals surface area contributed by atoms with E-state index < -0.39 is 11.9 Å². The lowest BCUT2D eigenvalue weighted by Crippen LogP contribution is -2.21. The van der Waals surface area contributed by atoms with Gasteiger partial charge in [-0.05, 0) is 24.6 Å². The van der Waals surface area contributed by atoms with Crippen LogP contribution in [0.4, 0.5) is 0 Å². The second-order valence-electron chi connectivity index (χ2n) is 3.27. The van der Waals surface area contributed by atoms with Gasteiger partial charge in [-0.25, -0.2) is 0 Å². The molecule has 0 heterocycles. The Morgan fingerprint density at radius 2 is 2.20 bits per heavy atom. The zero-order chi connectivity index (χ0) is 11.6. The van der Waals surface area contributed by atoms with Gasteiger partial charge < -0.3 is 15.9 Å². The minimum absolute atomic E-state index is 0.0165. The average Bonchev–Trinajstić information content (AvgIpc) is 2.14. The van der Waals surface area contributed by atoms with Gasteiger partial charge in [-0.3, -0.25) is 4.79 Å². The summed E-state index contributed by atoms with van der Waals surface area (Å²) in [5.41, 5.74) is 6.28. The Morgan fingerprint density at radius 1 is 1.60 bits per heavy atom. The Hall–Kier alpha value is -1.26. The summed E-state index contributed by atoms with van der Waals surface area (Å²) in [5, 5.41) is 18.7. The van der Waals surface area contributed by atoms with Crippen LogP contribution in [0.5, 0.6) is 5.75 Å². The van der Waals surface area contributed by atoms with E-state index >= 15 is 0 Å². The van der Waals surface area contributed by atoms with E-state index in [0.29, 0.717) is 16.1 Å². The highest BCUT2D eigenvalue weighted by molar-refractivity contribution is 6.31. The molecule has 0 spiro atoms. The molecule has 4 N–H and O–H groups in total. The number of carboxylic acid groups (broad SMARTS) is 1. The number of aliphatic carboxylic acids is 1. The molecular formula is C10H12ClNO3. The smallest absolute Gasteiger partial charge is 0.312 e. The maximum absolute atomic E-state index is 10.8. The van der Waals surface area contributed by atoms with Crippen molar-refractivity contribution in [1.29, 1.82) is 0 Å². The van der Waals surface area contributed by atoms with E-state index in [1.165, 1.54) is 12.1 Å². The summed E-state index contributed by atoms with van der Waals surface area (Å²) in [6.07, 6.45) is 0. The van der Waals surface area contributed by atoms with Gasteiger partial charge >= 0.3 is 5.97 Å². The fourth-order valence-electron chi connectivity index (χ4n) is 1.27. The van der Waals surface area contributed by atoms with E-state index in [0.717, 1.165) is 0 Å². The van der Waals surface area contributed by atoms with E-state index in [9.17, 15) is 9.90 Å². The van der Waals surface area contributed by atoms with Gasteiger partial charge in [0.15, 0.2) is 0 Å². The first-order valence-electron chi connectivity index (χ1n) is 4.39. The topological polar surface area (TPSA) is 83.5 Å². The molecule has 0 bridgehead atoms. The van der Waals surface area contributed by atoms with Crippen LogP contribution < -0.4 is 5.73 Å². The van der Waals surface area contributed by atoms with Crippen molar-refractivity contribution in [1.82, 2.24) is 0 Å². The molecule has 1 aromatic carbocycles. The third kappa shape index (κ3) is 2.40. The second kappa shape index (κ2) is 4.51. The number of phenols is 1. The Labute approximate surface area is 92.3 Å². The number of hydrogen-bond donors (Lipinski definition) is 3. The maximum Gasteiger partial charge on any atom is 0.312 e. The number of halogens is 1. The molecule has 82 valence electrons. The van der Waals surface area contributed by atoms with Gasteiger partial charge in [0.2, 0.25) is 0 Å². The molecule has 0 aliphatic carbocycles. The minimum atomic E-state index is -1.03. The summed E-state index contributed by atoms with van der Waals surface area (Å²) >= 11 is 5.83. The average molecular weight is 230 g/mol. The van der Waals surface area contributed by atoms with Crippen molar-refractivity contribution in [2.75, 3.05) is 6.54 Å². The van der Waals surface area contributed by atoms with Gasteiger partial charge in [0.25, 0.3) is 0 Å². The summed E-state index contributed by atoms with van der Waals surface area (Å²) < 4.78 is 0. The number of benzene rings is 1. The van der Waals surface area contributed by atoms with Gasteiger partial charge in [0.1, 0.15) is 5.75 Å². The first-order valence-corrected chi connectivity index (χ1v) is 4.77. The van der Waals surface area contributed by atoms with Crippen molar-refractivity contribution in [3.63, 3.8) is 0 Å². The highest BCUT2D eigenvalue weighted by Gasteiger charge is 2.19. The largest absolute Gasteiger partial charge is 0.508 e. The molecule has 1 rings (SSSR count). The van der Waals surface area contributed by atoms with Crippen LogP contribution in [0.2, 0.25) is 5.02 Å². The highest BCUT2D eigenvalue weighted by atomic mass is 35.5. The lowest BCUT2D eigenvalue weighted by atomic mass is 9.98. The van der Waals surface area contributed by atoms with Crippen molar-refractivity contribution in [2.24, 2.45) is 5.73 Å². The number of hydrogen-bond acceptors (Lipinski definition) is 3. The summed E-state index contributed by atoms with van der Waals surface area (Å²) in [6.45, 7) is 1.62. The zero-order valence-corrected chi connectivity index (χ0v) is 8.95. The van der Waals surface area contributed by atoms with Gasteiger partial charge in [-0.15, -0.1) is 0 Å². The predicted molar refractivity (Wildman–Crippen MR) is 57.3 cm³/mol. The predicted octanol–water partition coefficient (Wildman–Crippen LogP) is 1.48. The first kappa shape index (κ1) is 11.8. The minimum Gasteiger partial charge on any atom is -0.508 e. The van der Waals surface area contributed by atoms with Crippen LogP contribution >= 0.6 is 11.6 Å². The molecule has 0 saturated carbocycles. The standard InChI is InChI=1S/C10H12ClNO3/c1-5-8(11)2-6(3-9(5)13)7(4-12)10(14)15/h2-3,7,13H,4,12H2,1H3,(H,14,15). The third-order valence-corrected chi connectivity index (χ3v) is 2.67. The van der Waals surface area contributed by atoms with Crippen LogP contribution in [-0.4, -0.2) is 22.7 Å². The van der Waals surface area contributed by atoms with Crippen molar-refractivity contribution in [3.8, 4) is 5.75 Å². The normalized spacial score (nSPS) is 12.5. The van der Waals surface area contributed by atoms with Crippen molar-refractivity contribution < 1.29 is 15.0 Å². The van der Waals surface area contributed by atoms with Gasteiger partial charge in [-0.1, -0.05) is 11.6 Å². The molecule has 0 fully saturated rings. The summed E-state index contributed by atoms with van der Waals surface area (Å²) in [5.74, 6) is -1.89. The van der Waals surface area contributed by atoms with Crippen LogP contribution in [0.15, 0.2) is 12.1 Å². The first-order chi connectivity index (χ1) is 6.97. The Balaban J connectivity index is 3.20. The quantitative estimate of drug-likeness (QED) is 0.733. The monoisotopic (exact) mass is 229 g/mol. The van der Waals surface area contributed by atoms with Gasteiger partial charge in [-0.2, -0.15) is 0 Å². The van der Waals surface area contributed by atoms with Gasteiger partial charge in [0, 0.05) is 17.1 Å². The number of nitrogens with two attached hydrogens (primary N) is 1. The van der Waals surface area contributed by atoms with Crippen molar-refractivity contribution in [2.45, 2.75) is 12.8 Å². The molecule has 1 unspecified atom stereocenters. The van der Waals surface area contributed by atoms with Crippen LogP contribution in [-0.2, 0) is 4.79 Å². The number of aromatic hydroxyl groups is 1. The summed E-state index contributed by atoms with van der Waals surface area (Å²) in [6, 6.07) is 2.90. The zero-order valence-electron chi connectivity index (χ0n) is 8.20. The molecule has 0 aliphatic rings. The summed E-state index contributed by atoms with van der Waals surface area (Å²) in [7, 11) is 0. The fourth-order valence-corrected chi connectivity index (χ4v) is 1.49. The highest BCUT2D eigenvalue weighted by Crippen LogP contribution is 2.29. The molecule has 1 aromatic rings. The van der Waals surface area contributed by atoms with Gasteiger partial charge in [0.05, 0.1) is 5.92 Å². The molecule has 0 amide bonds. The van der Waals surface area contributed by atoms with Crippen LogP contribution in [0.3, 0.4) is 0 Å². The molecule has 4 nitrogen and oxygen atoms in total. The Kier molecular flexibility index (Phi) is 3.55. The number of carbonyl (C=O) groups is 1. The molecule has 0 aliphatic heterocycles. The molecule has 0 aromatic heterocycles. The lowest BCUT2D eigenvalue weighted by molar-refractivity contribution is -0.138. The Morgan fingerprint density at radius 3 is 2.60 bits per heavy atom. The molecule has 1 atom stereocenters. The second-order valence-corrected chi connectivity index (χ2v) is 3.68. The van der Waals surface area contributed by atoms with E-state index in [2.05, 4.69) is 0 Å². The van der Waals surface area contributed by atoms with Crippen LogP contribution in [0.1, 0.15) is 17.0 Å². The summed E-state index contributed by atoms with van der Waals surface area (Å²) in [4.78, 5) is 10.8. The number of carboxylic acids is 1. The fraction of sp³-hybridized carbons (Fsp3) is 0.300. The van der Waals surface area contributed by atoms with Crippen molar-refractivity contribution >= 4 is 17.6 Å². The van der Waals surface area contributed by atoms with E-state index in [4.69, 9.17) is 22.4 Å². The van der Waals surface area contributed by atoms with Crippen LogP contribution in [0, 0.1) is 6.92 Å². The third-order valence-electron chi connectivity index (χ3n) is 2.28. The Bertz CT molecular complexity index is 369. The molecule has 5 heteroatoms. The molecule has 0 saturated heterocycles. The SMILES string of the molecule is Cc1c(O)cc(C(CN)C(=O)O)cc1Cl.